The Morgan fingerprint density at radius 3 is 2.57 bits per heavy atom. The van der Waals surface area contributed by atoms with E-state index in [0.717, 1.165) is 0 Å². The lowest BCUT2D eigenvalue weighted by molar-refractivity contribution is -0.139. The SMILES string of the molecule is CC(CS(C)=O)NCC(O)CC(=O)O. The highest BCUT2D eigenvalue weighted by Crippen LogP contribution is 1.92. The number of carboxylic acids is 1. The maximum absolute atomic E-state index is 10.8. The van der Waals surface area contributed by atoms with Crippen molar-refractivity contribution in [1.29, 1.82) is 0 Å². The molecular formula is C8H17NO4S. The van der Waals surface area contributed by atoms with E-state index in [9.17, 15) is 14.1 Å². The van der Waals surface area contributed by atoms with Gasteiger partial charge in [-0.2, -0.15) is 0 Å². The molecule has 0 aromatic rings. The number of carboxylic acid groups (broad SMARTS) is 1. The molecule has 0 radical (unpaired) electrons. The predicted molar refractivity (Wildman–Crippen MR) is 54.7 cm³/mol. The summed E-state index contributed by atoms with van der Waals surface area (Å²) in [6.07, 6.45) is 0.445. The van der Waals surface area contributed by atoms with E-state index in [1.54, 1.807) is 6.26 Å². The highest BCUT2D eigenvalue weighted by Gasteiger charge is 2.11. The third kappa shape index (κ3) is 8.15. The van der Waals surface area contributed by atoms with Gasteiger partial charge in [-0.15, -0.1) is 0 Å². The molecule has 0 spiro atoms. The average molecular weight is 223 g/mol. The summed E-state index contributed by atoms with van der Waals surface area (Å²) >= 11 is 0. The van der Waals surface area contributed by atoms with Crippen LogP contribution in [0.5, 0.6) is 0 Å². The molecule has 14 heavy (non-hydrogen) atoms. The van der Waals surface area contributed by atoms with Crippen LogP contribution in [0.1, 0.15) is 13.3 Å². The molecule has 0 aliphatic rings. The number of rotatable bonds is 7. The molecule has 0 saturated carbocycles. The lowest BCUT2D eigenvalue weighted by Gasteiger charge is -2.14. The van der Waals surface area contributed by atoms with Crippen LogP contribution in [0.15, 0.2) is 0 Å². The number of aliphatic hydroxyl groups excluding tert-OH is 1. The summed E-state index contributed by atoms with van der Waals surface area (Å²) < 4.78 is 10.8. The summed E-state index contributed by atoms with van der Waals surface area (Å²) in [7, 11) is -0.882. The first-order chi connectivity index (χ1) is 6.41. The van der Waals surface area contributed by atoms with Gasteiger partial charge in [0, 0.05) is 35.4 Å². The van der Waals surface area contributed by atoms with E-state index in [1.165, 1.54) is 0 Å². The Kier molecular flexibility index (Phi) is 6.69. The van der Waals surface area contributed by atoms with Crippen molar-refractivity contribution in [3.05, 3.63) is 0 Å². The average Bonchev–Trinajstić information content (AvgIpc) is 1.98. The van der Waals surface area contributed by atoms with Crippen LogP contribution in [0, 0.1) is 0 Å². The van der Waals surface area contributed by atoms with Crippen LogP contribution in [0.2, 0.25) is 0 Å². The molecule has 3 N–H and O–H groups in total. The van der Waals surface area contributed by atoms with Gasteiger partial charge in [0.15, 0.2) is 0 Å². The maximum Gasteiger partial charge on any atom is 0.306 e. The molecule has 0 aromatic carbocycles. The second-order valence-electron chi connectivity index (χ2n) is 3.30. The zero-order valence-corrected chi connectivity index (χ0v) is 9.21. The third-order valence-electron chi connectivity index (χ3n) is 1.60. The second-order valence-corrected chi connectivity index (χ2v) is 4.78. The predicted octanol–water partition coefficient (Wildman–Crippen LogP) is -0.821. The molecular weight excluding hydrogens is 206 g/mol. The minimum atomic E-state index is -1.02. The van der Waals surface area contributed by atoms with E-state index in [0.29, 0.717) is 5.75 Å². The fourth-order valence-electron chi connectivity index (χ4n) is 1.02. The van der Waals surface area contributed by atoms with Crippen molar-refractivity contribution < 1.29 is 19.2 Å². The second kappa shape index (κ2) is 6.92. The molecule has 0 aliphatic carbocycles. The summed E-state index contributed by atoms with van der Waals surface area (Å²) in [6.45, 7) is 2.06. The van der Waals surface area contributed by atoms with Gasteiger partial charge in [0.05, 0.1) is 12.5 Å². The largest absolute Gasteiger partial charge is 0.481 e. The van der Waals surface area contributed by atoms with Crippen LogP contribution < -0.4 is 5.32 Å². The standard InChI is InChI=1S/C8H17NO4S/c1-6(5-14(2)13)9-4-7(10)3-8(11)12/h6-7,9-10H,3-5H2,1-2H3,(H,11,12). The summed E-state index contributed by atoms with van der Waals surface area (Å²) in [4.78, 5) is 10.2. The van der Waals surface area contributed by atoms with Gasteiger partial charge >= 0.3 is 5.97 Å². The smallest absolute Gasteiger partial charge is 0.306 e. The highest BCUT2D eigenvalue weighted by atomic mass is 32.2. The molecule has 0 heterocycles. The Labute approximate surface area is 86.0 Å². The van der Waals surface area contributed by atoms with Crippen LogP contribution in [-0.4, -0.2) is 51.1 Å². The molecule has 0 bridgehead atoms. The summed E-state index contributed by atoms with van der Waals surface area (Å²) in [6, 6.07) is 0.0179. The topological polar surface area (TPSA) is 86.6 Å². The molecule has 0 fully saturated rings. The Morgan fingerprint density at radius 1 is 1.57 bits per heavy atom. The Hall–Kier alpha value is -0.460. The molecule has 3 unspecified atom stereocenters. The molecule has 5 nitrogen and oxygen atoms in total. The van der Waals surface area contributed by atoms with E-state index >= 15 is 0 Å². The van der Waals surface area contributed by atoms with Gasteiger partial charge in [0.1, 0.15) is 0 Å². The van der Waals surface area contributed by atoms with Crippen LogP contribution in [-0.2, 0) is 15.6 Å². The van der Waals surface area contributed by atoms with Crippen molar-refractivity contribution >= 4 is 16.8 Å². The minimum absolute atomic E-state index is 0.0179. The van der Waals surface area contributed by atoms with E-state index in [1.807, 2.05) is 6.92 Å². The molecule has 3 atom stereocenters. The summed E-state index contributed by atoms with van der Waals surface area (Å²) in [5, 5.41) is 20.5. The molecule has 0 aliphatic heterocycles. The third-order valence-corrected chi connectivity index (χ3v) is 2.57. The van der Waals surface area contributed by atoms with Crippen molar-refractivity contribution in [2.45, 2.75) is 25.5 Å². The van der Waals surface area contributed by atoms with Crippen LogP contribution in [0.3, 0.4) is 0 Å². The number of aliphatic carboxylic acids is 1. The molecule has 0 aromatic heterocycles. The van der Waals surface area contributed by atoms with Crippen LogP contribution >= 0.6 is 0 Å². The number of carbonyl (C=O) groups is 1. The Bertz CT molecular complexity index is 188. The zero-order chi connectivity index (χ0) is 11.1. The first kappa shape index (κ1) is 13.5. The van der Waals surface area contributed by atoms with E-state index in [-0.39, 0.29) is 19.0 Å². The lowest BCUT2D eigenvalue weighted by Crippen LogP contribution is -2.37. The quantitative estimate of drug-likeness (QED) is 0.525. The van der Waals surface area contributed by atoms with E-state index < -0.39 is 22.9 Å². The fraction of sp³-hybridized carbons (Fsp3) is 0.875. The van der Waals surface area contributed by atoms with Crippen LogP contribution in [0.4, 0.5) is 0 Å². The molecule has 6 heteroatoms. The van der Waals surface area contributed by atoms with Gasteiger partial charge in [-0.25, -0.2) is 0 Å². The fourth-order valence-corrected chi connectivity index (χ4v) is 1.84. The van der Waals surface area contributed by atoms with E-state index in [2.05, 4.69) is 5.32 Å². The number of hydrogen-bond donors (Lipinski definition) is 3. The Morgan fingerprint density at radius 2 is 2.14 bits per heavy atom. The van der Waals surface area contributed by atoms with Gasteiger partial charge in [-0.05, 0) is 6.92 Å². The van der Waals surface area contributed by atoms with Gasteiger partial charge in [0.25, 0.3) is 0 Å². The number of hydrogen-bond acceptors (Lipinski definition) is 4. The van der Waals surface area contributed by atoms with Crippen molar-refractivity contribution in [3.8, 4) is 0 Å². The van der Waals surface area contributed by atoms with Crippen molar-refractivity contribution in [1.82, 2.24) is 5.32 Å². The van der Waals surface area contributed by atoms with Crippen molar-refractivity contribution in [2.24, 2.45) is 0 Å². The monoisotopic (exact) mass is 223 g/mol. The van der Waals surface area contributed by atoms with Crippen molar-refractivity contribution in [2.75, 3.05) is 18.6 Å². The summed E-state index contributed by atoms with van der Waals surface area (Å²) in [5.41, 5.74) is 0. The zero-order valence-electron chi connectivity index (χ0n) is 8.40. The van der Waals surface area contributed by atoms with Gasteiger partial charge < -0.3 is 15.5 Å². The van der Waals surface area contributed by atoms with E-state index in [4.69, 9.17) is 5.11 Å². The Balaban J connectivity index is 3.60. The highest BCUT2D eigenvalue weighted by molar-refractivity contribution is 7.84. The van der Waals surface area contributed by atoms with Crippen molar-refractivity contribution in [3.63, 3.8) is 0 Å². The minimum Gasteiger partial charge on any atom is -0.481 e. The maximum atomic E-state index is 10.8. The first-order valence-electron chi connectivity index (χ1n) is 4.35. The number of nitrogens with one attached hydrogen (secondary N) is 1. The first-order valence-corrected chi connectivity index (χ1v) is 6.07. The number of aliphatic hydroxyl groups is 1. The molecule has 84 valence electrons. The van der Waals surface area contributed by atoms with Crippen LogP contribution in [0.25, 0.3) is 0 Å². The molecule has 0 rings (SSSR count). The van der Waals surface area contributed by atoms with Gasteiger partial charge in [-0.1, -0.05) is 0 Å². The van der Waals surface area contributed by atoms with Gasteiger partial charge in [0.2, 0.25) is 0 Å². The molecule has 0 amide bonds. The lowest BCUT2D eigenvalue weighted by atomic mass is 10.2. The van der Waals surface area contributed by atoms with Gasteiger partial charge in [-0.3, -0.25) is 9.00 Å². The summed E-state index contributed by atoms with van der Waals surface area (Å²) in [5.74, 6) is -0.522. The normalized spacial score (nSPS) is 17.4. The molecule has 0 saturated heterocycles.